The van der Waals surface area contributed by atoms with Gasteiger partial charge in [-0.1, -0.05) is 0 Å². The minimum Gasteiger partial charge on any atom is -0.308 e. The second-order valence-corrected chi connectivity index (χ2v) is 6.97. The summed E-state index contributed by atoms with van der Waals surface area (Å²) in [7, 11) is -0.763. The van der Waals surface area contributed by atoms with Crippen LogP contribution in [0, 0.1) is 0 Å². The van der Waals surface area contributed by atoms with Crippen LogP contribution in [-0.2, 0) is 17.3 Å². The van der Waals surface area contributed by atoms with Crippen LogP contribution >= 0.6 is 11.3 Å². The molecule has 0 saturated heterocycles. The van der Waals surface area contributed by atoms with Crippen molar-refractivity contribution >= 4 is 32.4 Å². The lowest BCUT2D eigenvalue weighted by Crippen LogP contribution is -2.28. The fourth-order valence-electron chi connectivity index (χ4n) is 1.72. The Bertz CT molecular complexity index is 635. The Morgan fingerprint density at radius 1 is 1.58 bits per heavy atom. The van der Waals surface area contributed by atoms with E-state index in [1.165, 1.54) is 11.3 Å². The van der Waals surface area contributed by atoms with Crippen LogP contribution in [0.3, 0.4) is 0 Å². The van der Waals surface area contributed by atoms with Crippen molar-refractivity contribution in [2.24, 2.45) is 0 Å². The number of aromatic nitrogens is 2. The number of nitrogens with one attached hydrogen (secondary N) is 2. The number of H-pyrrole nitrogens is 1. The molecule has 2 atom stereocenters. The molecule has 0 fully saturated rings. The molecular formula is C12H17N3O2S2. The van der Waals surface area contributed by atoms with Gasteiger partial charge in [-0.05, 0) is 24.8 Å². The molecule has 0 amide bonds. The highest BCUT2D eigenvalue weighted by atomic mass is 32.2. The molecule has 0 saturated carbocycles. The first-order chi connectivity index (χ1) is 9.06. The van der Waals surface area contributed by atoms with E-state index in [2.05, 4.69) is 15.3 Å². The lowest BCUT2D eigenvalue weighted by atomic mass is 10.2. The number of aromatic amines is 1. The minimum absolute atomic E-state index is 0.0842. The zero-order valence-electron chi connectivity index (χ0n) is 10.9. The highest BCUT2D eigenvalue weighted by Gasteiger charge is 2.07. The SMILES string of the molecule is CC(CCS(C)=O)NCc1nc2ccsc2c(=O)[nH]1. The second-order valence-electron chi connectivity index (χ2n) is 4.50. The first-order valence-corrected chi connectivity index (χ1v) is 8.66. The number of nitrogens with zero attached hydrogens (tertiary/aromatic N) is 1. The van der Waals surface area contributed by atoms with Crippen molar-refractivity contribution in [1.82, 2.24) is 15.3 Å². The molecule has 0 aliphatic rings. The molecule has 5 nitrogen and oxygen atoms in total. The fourth-order valence-corrected chi connectivity index (χ4v) is 3.13. The molecule has 0 bridgehead atoms. The lowest BCUT2D eigenvalue weighted by molar-refractivity contribution is 0.524. The van der Waals surface area contributed by atoms with E-state index in [0.717, 1.165) is 11.9 Å². The van der Waals surface area contributed by atoms with Crippen molar-refractivity contribution in [2.45, 2.75) is 25.9 Å². The molecule has 2 aromatic heterocycles. The van der Waals surface area contributed by atoms with Gasteiger partial charge in [-0.2, -0.15) is 0 Å². The van der Waals surface area contributed by atoms with E-state index >= 15 is 0 Å². The maximum absolute atomic E-state index is 11.8. The van der Waals surface area contributed by atoms with E-state index in [-0.39, 0.29) is 11.6 Å². The molecule has 2 heterocycles. The van der Waals surface area contributed by atoms with Crippen molar-refractivity contribution in [3.63, 3.8) is 0 Å². The van der Waals surface area contributed by atoms with Crippen LogP contribution in [-0.4, -0.2) is 32.2 Å². The summed E-state index contributed by atoms with van der Waals surface area (Å²) in [5.74, 6) is 1.32. The van der Waals surface area contributed by atoms with E-state index in [0.29, 0.717) is 22.8 Å². The van der Waals surface area contributed by atoms with Crippen LogP contribution < -0.4 is 10.9 Å². The maximum atomic E-state index is 11.8. The molecule has 0 aliphatic heterocycles. The summed E-state index contributed by atoms with van der Waals surface area (Å²) < 4.78 is 11.7. The van der Waals surface area contributed by atoms with Gasteiger partial charge in [0.2, 0.25) is 0 Å². The van der Waals surface area contributed by atoms with Crippen molar-refractivity contribution in [2.75, 3.05) is 12.0 Å². The van der Waals surface area contributed by atoms with Gasteiger partial charge >= 0.3 is 0 Å². The number of hydrogen-bond donors (Lipinski definition) is 2. The number of fused-ring (bicyclic) bond motifs is 1. The van der Waals surface area contributed by atoms with Gasteiger partial charge in [0.15, 0.2) is 0 Å². The van der Waals surface area contributed by atoms with Crippen molar-refractivity contribution < 1.29 is 4.21 Å². The zero-order valence-corrected chi connectivity index (χ0v) is 12.6. The number of thiophene rings is 1. The van der Waals surface area contributed by atoms with E-state index < -0.39 is 10.8 Å². The largest absolute Gasteiger partial charge is 0.308 e. The summed E-state index contributed by atoms with van der Waals surface area (Å²) in [5.41, 5.74) is 0.659. The van der Waals surface area contributed by atoms with Gasteiger partial charge in [0, 0.05) is 28.9 Å². The fraction of sp³-hybridized carbons (Fsp3) is 0.500. The minimum atomic E-state index is -0.763. The third kappa shape index (κ3) is 3.95. The molecule has 2 rings (SSSR count). The van der Waals surface area contributed by atoms with Gasteiger partial charge in [0.1, 0.15) is 10.5 Å². The summed E-state index contributed by atoms with van der Waals surface area (Å²) in [4.78, 5) is 18.9. The molecule has 7 heteroatoms. The normalized spacial score (nSPS) is 14.6. The zero-order chi connectivity index (χ0) is 13.8. The molecule has 0 radical (unpaired) electrons. The van der Waals surface area contributed by atoms with Crippen LogP contribution in [0.1, 0.15) is 19.2 Å². The topological polar surface area (TPSA) is 74.8 Å². The Morgan fingerprint density at radius 2 is 2.37 bits per heavy atom. The summed E-state index contributed by atoms with van der Waals surface area (Å²) in [6.45, 7) is 2.55. The van der Waals surface area contributed by atoms with Crippen LogP contribution in [0.5, 0.6) is 0 Å². The maximum Gasteiger partial charge on any atom is 0.268 e. The predicted octanol–water partition coefficient (Wildman–Crippen LogP) is 1.23. The summed E-state index contributed by atoms with van der Waals surface area (Å²) >= 11 is 1.40. The average molecular weight is 299 g/mol. The van der Waals surface area contributed by atoms with E-state index in [4.69, 9.17) is 0 Å². The second kappa shape index (κ2) is 6.40. The molecule has 104 valence electrons. The van der Waals surface area contributed by atoms with Gasteiger partial charge in [-0.25, -0.2) is 4.98 Å². The molecule has 2 aromatic rings. The average Bonchev–Trinajstić information content (AvgIpc) is 2.82. The van der Waals surface area contributed by atoms with Crippen LogP contribution in [0.2, 0.25) is 0 Å². The van der Waals surface area contributed by atoms with Crippen molar-refractivity contribution in [3.05, 3.63) is 27.6 Å². The van der Waals surface area contributed by atoms with Gasteiger partial charge < -0.3 is 10.3 Å². The van der Waals surface area contributed by atoms with E-state index in [9.17, 15) is 9.00 Å². The number of rotatable bonds is 6. The Balaban J connectivity index is 1.97. The van der Waals surface area contributed by atoms with Gasteiger partial charge in [0.05, 0.1) is 12.1 Å². The standard InChI is InChI=1S/C12H17N3O2S2/c1-8(4-6-19(2)17)13-7-10-14-9-3-5-18-11(9)12(16)15-10/h3,5,8,13H,4,6-7H2,1-2H3,(H,14,15,16). The third-order valence-corrected chi connectivity index (χ3v) is 4.53. The first-order valence-electron chi connectivity index (χ1n) is 6.06. The number of hydrogen-bond acceptors (Lipinski definition) is 5. The smallest absolute Gasteiger partial charge is 0.268 e. The van der Waals surface area contributed by atoms with E-state index in [1.807, 2.05) is 18.4 Å². The summed E-state index contributed by atoms with van der Waals surface area (Å²) in [6.07, 6.45) is 2.55. The van der Waals surface area contributed by atoms with Crippen molar-refractivity contribution in [3.8, 4) is 0 Å². The highest BCUT2D eigenvalue weighted by Crippen LogP contribution is 2.13. The predicted molar refractivity (Wildman–Crippen MR) is 80.1 cm³/mol. The van der Waals surface area contributed by atoms with E-state index in [1.54, 1.807) is 6.26 Å². The molecule has 0 aromatic carbocycles. The monoisotopic (exact) mass is 299 g/mol. The Kier molecular flexibility index (Phi) is 4.84. The lowest BCUT2D eigenvalue weighted by Gasteiger charge is -2.12. The highest BCUT2D eigenvalue weighted by molar-refractivity contribution is 7.84. The van der Waals surface area contributed by atoms with Crippen LogP contribution in [0.15, 0.2) is 16.2 Å². The summed E-state index contributed by atoms with van der Waals surface area (Å²) in [5, 5.41) is 5.14. The first kappa shape index (κ1) is 14.4. The van der Waals surface area contributed by atoms with Gasteiger partial charge in [0.25, 0.3) is 5.56 Å². The van der Waals surface area contributed by atoms with Crippen LogP contribution in [0.25, 0.3) is 10.2 Å². The Morgan fingerprint density at radius 3 is 3.11 bits per heavy atom. The van der Waals surface area contributed by atoms with Gasteiger partial charge in [-0.3, -0.25) is 9.00 Å². The van der Waals surface area contributed by atoms with Gasteiger partial charge in [-0.15, -0.1) is 11.3 Å². The third-order valence-electron chi connectivity index (χ3n) is 2.82. The molecule has 2 N–H and O–H groups in total. The molecule has 2 unspecified atom stereocenters. The molecule has 0 spiro atoms. The molecule has 0 aliphatic carbocycles. The van der Waals surface area contributed by atoms with Crippen molar-refractivity contribution in [1.29, 1.82) is 0 Å². The van der Waals surface area contributed by atoms with Crippen LogP contribution in [0.4, 0.5) is 0 Å². The Labute approximate surface area is 117 Å². The molecule has 19 heavy (non-hydrogen) atoms. The Hall–Kier alpha value is -1.05. The molecular weight excluding hydrogens is 282 g/mol. The summed E-state index contributed by atoms with van der Waals surface area (Å²) in [6, 6.07) is 2.09. The quantitative estimate of drug-likeness (QED) is 0.841.